The zero-order valence-electron chi connectivity index (χ0n) is 9.38. The summed E-state index contributed by atoms with van der Waals surface area (Å²) in [5, 5.41) is 0. The fourth-order valence-electron chi connectivity index (χ4n) is 1.85. The van der Waals surface area contributed by atoms with E-state index in [0.29, 0.717) is 12.4 Å². The minimum absolute atomic E-state index is 0.0132. The van der Waals surface area contributed by atoms with Crippen LogP contribution < -0.4 is 11.3 Å². The fraction of sp³-hybridized carbons (Fsp3) is 0.600. The average Bonchev–Trinajstić information content (AvgIpc) is 2.70. The first-order valence-electron chi connectivity index (χ1n) is 5.22. The quantitative estimate of drug-likeness (QED) is 0.586. The second kappa shape index (κ2) is 3.95. The maximum Gasteiger partial charge on any atom is 0.187 e. The zero-order valence-corrected chi connectivity index (χ0v) is 9.38. The predicted molar refractivity (Wildman–Crippen MR) is 57.1 cm³/mol. The van der Waals surface area contributed by atoms with Crippen molar-refractivity contribution in [1.82, 2.24) is 9.97 Å². The Morgan fingerprint density at radius 2 is 2.25 bits per heavy atom. The van der Waals surface area contributed by atoms with Gasteiger partial charge in [-0.3, -0.25) is 0 Å². The SMILES string of the molecule is Cc1nc(C2(C)CCCO2)nc(NN)c1F. The van der Waals surface area contributed by atoms with Crippen molar-refractivity contribution < 1.29 is 9.13 Å². The summed E-state index contributed by atoms with van der Waals surface area (Å²) in [6.45, 7) is 4.17. The van der Waals surface area contributed by atoms with E-state index in [-0.39, 0.29) is 11.5 Å². The van der Waals surface area contributed by atoms with Crippen LogP contribution in [-0.4, -0.2) is 16.6 Å². The van der Waals surface area contributed by atoms with Gasteiger partial charge in [-0.25, -0.2) is 20.2 Å². The zero-order chi connectivity index (χ0) is 11.8. The van der Waals surface area contributed by atoms with E-state index in [4.69, 9.17) is 10.6 Å². The van der Waals surface area contributed by atoms with E-state index in [1.165, 1.54) is 0 Å². The number of rotatable bonds is 2. The highest BCUT2D eigenvalue weighted by molar-refractivity contribution is 5.37. The molecule has 1 fully saturated rings. The van der Waals surface area contributed by atoms with Crippen LogP contribution in [0.15, 0.2) is 0 Å². The number of nitrogens with two attached hydrogens (primary N) is 1. The number of halogens is 1. The minimum atomic E-state index is -0.524. The number of anilines is 1. The van der Waals surface area contributed by atoms with Gasteiger partial charge in [-0.2, -0.15) is 0 Å². The third kappa shape index (κ3) is 1.74. The summed E-state index contributed by atoms with van der Waals surface area (Å²) in [6, 6.07) is 0. The number of hydrazine groups is 1. The van der Waals surface area contributed by atoms with Crippen molar-refractivity contribution in [1.29, 1.82) is 0 Å². The van der Waals surface area contributed by atoms with Crippen LogP contribution in [-0.2, 0) is 10.3 Å². The van der Waals surface area contributed by atoms with Gasteiger partial charge in [0.15, 0.2) is 17.5 Å². The lowest BCUT2D eigenvalue weighted by Gasteiger charge is -2.22. The summed E-state index contributed by atoms with van der Waals surface area (Å²) in [5.74, 6) is 5.19. The van der Waals surface area contributed by atoms with Crippen molar-refractivity contribution in [3.05, 3.63) is 17.3 Å². The smallest absolute Gasteiger partial charge is 0.187 e. The molecule has 0 aliphatic carbocycles. The molecule has 1 aliphatic rings. The highest BCUT2D eigenvalue weighted by Crippen LogP contribution is 2.34. The van der Waals surface area contributed by atoms with E-state index >= 15 is 0 Å². The van der Waals surface area contributed by atoms with Gasteiger partial charge in [-0.05, 0) is 26.7 Å². The number of aryl methyl sites for hydroxylation is 1. The van der Waals surface area contributed by atoms with Crippen LogP contribution in [0.2, 0.25) is 0 Å². The highest BCUT2D eigenvalue weighted by Gasteiger charge is 2.35. The second-order valence-electron chi connectivity index (χ2n) is 4.12. The molecule has 2 rings (SSSR count). The van der Waals surface area contributed by atoms with Crippen molar-refractivity contribution in [2.24, 2.45) is 5.84 Å². The van der Waals surface area contributed by atoms with Gasteiger partial charge in [0.25, 0.3) is 0 Å². The molecule has 1 aliphatic heterocycles. The number of ether oxygens (including phenoxy) is 1. The van der Waals surface area contributed by atoms with Crippen molar-refractivity contribution in [2.45, 2.75) is 32.3 Å². The van der Waals surface area contributed by atoms with Gasteiger partial charge >= 0.3 is 0 Å². The molecule has 1 saturated heterocycles. The highest BCUT2D eigenvalue weighted by atomic mass is 19.1. The molecular formula is C10H15FN4O. The van der Waals surface area contributed by atoms with Crippen molar-refractivity contribution in [3.8, 4) is 0 Å². The third-order valence-electron chi connectivity index (χ3n) is 2.85. The summed E-state index contributed by atoms with van der Waals surface area (Å²) in [7, 11) is 0. The lowest BCUT2D eigenvalue weighted by atomic mass is 10.0. The maximum absolute atomic E-state index is 13.5. The van der Waals surface area contributed by atoms with Crippen LogP contribution in [0.25, 0.3) is 0 Å². The van der Waals surface area contributed by atoms with Crippen molar-refractivity contribution >= 4 is 5.82 Å². The summed E-state index contributed by atoms with van der Waals surface area (Å²) in [4.78, 5) is 8.19. The molecular weight excluding hydrogens is 211 g/mol. The molecule has 88 valence electrons. The monoisotopic (exact) mass is 226 g/mol. The van der Waals surface area contributed by atoms with Crippen LogP contribution in [0.5, 0.6) is 0 Å². The number of hydrogen-bond donors (Lipinski definition) is 2. The molecule has 0 spiro atoms. The molecule has 16 heavy (non-hydrogen) atoms. The normalized spacial score (nSPS) is 24.8. The lowest BCUT2D eigenvalue weighted by molar-refractivity contribution is 0.00916. The van der Waals surface area contributed by atoms with Crippen molar-refractivity contribution in [2.75, 3.05) is 12.0 Å². The molecule has 0 saturated carbocycles. The van der Waals surface area contributed by atoms with E-state index < -0.39 is 11.4 Å². The molecule has 1 aromatic rings. The fourth-order valence-corrected chi connectivity index (χ4v) is 1.85. The molecule has 6 heteroatoms. The standard InChI is InChI=1S/C10H15FN4O/c1-6-7(11)8(15-12)14-9(13-6)10(2)4-3-5-16-10/h3-5,12H2,1-2H3,(H,13,14,15). The predicted octanol–water partition coefficient (Wildman–Crippen LogP) is 1.24. The maximum atomic E-state index is 13.5. The Morgan fingerprint density at radius 1 is 1.50 bits per heavy atom. The molecule has 0 bridgehead atoms. The number of nitrogen functional groups attached to an aromatic ring is 1. The molecule has 0 aromatic carbocycles. The van der Waals surface area contributed by atoms with Crippen molar-refractivity contribution in [3.63, 3.8) is 0 Å². The molecule has 0 radical (unpaired) electrons. The van der Waals surface area contributed by atoms with Gasteiger partial charge in [-0.1, -0.05) is 0 Å². The number of nitrogens with one attached hydrogen (secondary N) is 1. The third-order valence-corrected chi connectivity index (χ3v) is 2.85. The summed E-state index contributed by atoms with van der Waals surface area (Å²) < 4.78 is 19.1. The summed E-state index contributed by atoms with van der Waals surface area (Å²) in [5.41, 5.74) is 1.98. The lowest BCUT2D eigenvalue weighted by Crippen LogP contribution is -2.25. The molecule has 5 nitrogen and oxygen atoms in total. The number of aromatic nitrogens is 2. The Kier molecular flexibility index (Phi) is 2.77. The van der Waals surface area contributed by atoms with E-state index in [2.05, 4.69) is 15.4 Å². The van der Waals surface area contributed by atoms with Gasteiger partial charge in [0.2, 0.25) is 0 Å². The Bertz CT molecular complexity index is 404. The topological polar surface area (TPSA) is 73.1 Å². The van der Waals surface area contributed by atoms with E-state index in [0.717, 1.165) is 12.8 Å². The van der Waals surface area contributed by atoms with Gasteiger partial charge in [-0.15, -0.1) is 0 Å². The average molecular weight is 226 g/mol. The Hall–Kier alpha value is -1.27. The summed E-state index contributed by atoms with van der Waals surface area (Å²) in [6.07, 6.45) is 1.80. The Morgan fingerprint density at radius 3 is 2.81 bits per heavy atom. The molecule has 3 N–H and O–H groups in total. The first-order valence-corrected chi connectivity index (χ1v) is 5.22. The Labute approximate surface area is 93.2 Å². The van der Waals surface area contributed by atoms with Crippen LogP contribution in [0.3, 0.4) is 0 Å². The minimum Gasteiger partial charge on any atom is -0.367 e. The number of hydrogen-bond acceptors (Lipinski definition) is 5. The van der Waals surface area contributed by atoms with E-state index in [1.54, 1.807) is 6.92 Å². The van der Waals surface area contributed by atoms with Crippen LogP contribution in [0.1, 0.15) is 31.3 Å². The second-order valence-corrected chi connectivity index (χ2v) is 4.12. The molecule has 0 amide bonds. The first-order chi connectivity index (χ1) is 7.57. The van der Waals surface area contributed by atoms with E-state index in [9.17, 15) is 4.39 Å². The van der Waals surface area contributed by atoms with Gasteiger partial charge in [0.05, 0.1) is 5.69 Å². The first kappa shape index (κ1) is 11.2. The van der Waals surface area contributed by atoms with Gasteiger partial charge < -0.3 is 10.2 Å². The van der Waals surface area contributed by atoms with E-state index in [1.807, 2.05) is 6.92 Å². The molecule has 1 atom stereocenters. The molecule has 1 aromatic heterocycles. The largest absolute Gasteiger partial charge is 0.367 e. The molecule has 2 heterocycles. The van der Waals surface area contributed by atoms with Gasteiger partial charge in [0, 0.05) is 6.61 Å². The number of nitrogens with zero attached hydrogens (tertiary/aromatic N) is 2. The van der Waals surface area contributed by atoms with Crippen LogP contribution in [0.4, 0.5) is 10.2 Å². The van der Waals surface area contributed by atoms with Crippen LogP contribution in [0, 0.1) is 12.7 Å². The summed E-state index contributed by atoms with van der Waals surface area (Å²) >= 11 is 0. The molecule has 1 unspecified atom stereocenters. The van der Waals surface area contributed by atoms with Crippen LogP contribution >= 0.6 is 0 Å². The Balaban J connectivity index is 2.45. The van der Waals surface area contributed by atoms with Gasteiger partial charge in [0.1, 0.15) is 5.60 Å².